The van der Waals surface area contributed by atoms with Gasteiger partial charge in [-0.15, -0.1) is 0 Å². The van der Waals surface area contributed by atoms with Crippen LogP contribution in [0.2, 0.25) is 0 Å². The van der Waals surface area contributed by atoms with Crippen molar-refractivity contribution in [3.63, 3.8) is 0 Å². The standard InChI is InChI=1S/C20H24N2O4S/c1-16-8-5-6-12-19(16)22(27(24,25)18-10-3-2-4-11-18)15-20(23)21-14-17-9-7-13-26-17/h2-6,8,10-12,17H,7,9,13-15H2,1H3,(H,21,23)/t17-/m0/s1. The highest BCUT2D eigenvalue weighted by Gasteiger charge is 2.28. The fourth-order valence-electron chi connectivity index (χ4n) is 3.08. The van der Waals surface area contributed by atoms with Crippen molar-refractivity contribution < 1.29 is 17.9 Å². The van der Waals surface area contributed by atoms with Gasteiger partial charge in [-0.3, -0.25) is 9.10 Å². The lowest BCUT2D eigenvalue weighted by Gasteiger charge is -2.25. The number of carbonyl (C=O) groups is 1. The maximum atomic E-state index is 13.2. The second kappa shape index (κ2) is 8.54. The summed E-state index contributed by atoms with van der Waals surface area (Å²) in [4.78, 5) is 12.7. The summed E-state index contributed by atoms with van der Waals surface area (Å²) in [6.07, 6.45) is 1.90. The molecule has 3 rings (SSSR count). The number of hydrogen-bond donors (Lipinski definition) is 1. The number of aryl methyl sites for hydroxylation is 1. The molecule has 1 aliphatic heterocycles. The van der Waals surface area contributed by atoms with E-state index in [4.69, 9.17) is 4.74 Å². The van der Waals surface area contributed by atoms with E-state index in [0.717, 1.165) is 18.4 Å². The molecule has 27 heavy (non-hydrogen) atoms. The SMILES string of the molecule is Cc1ccccc1N(CC(=O)NC[C@@H]1CCCO1)S(=O)(=O)c1ccccc1. The Morgan fingerprint density at radius 2 is 1.85 bits per heavy atom. The second-order valence-corrected chi connectivity index (χ2v) is 8.41. The number of benzene rings is 2. The molecule has 0 unspecified atom stereocenters. The third-order valence-electron chi connectivity index (χ3n) is 4.55. The first-order valence-corrected chi connectivity index (χ1v) is 10.4. The molecule has 0 aliphatic carbocycles. The summed E-state index contributed by atoms with van der Waals surface area (Å²) in [5.41, 5.74) is 1.28. The van der Waals surface area contributed by atoms with E-state index >= 15 is 0 Å². The lowest BCUT2D eigenvalue weighted by Crippen LogP contribution is -2.43. The lowest BCUT2D eigenvalue weighted by atomic mass is 10.2. The molecule has 144 valence electrons. The van der Waals surface area contributed by atoms with Crippen molar-refractivity contribution in [3.05, 3.63) is 60.2 Å². The second-order valence-electron chi connectivity index (χ2n) is 6.55. The smallest absolute Gasteiger partial charge is 0.264 e. The Morgan fingerprint density at radius 1 is 1.15 bits per heavy atom. The van der Waals surface area contributed by atoms with Gasteiger partial charge in [-0.2, -0.15) is 0 Å². The number of amides is 1. The molecule has 1 fully saturated rings. The van der Waals surface area contributed by atoms with Gasteiger partial charge >= 0.3 is 0 Å². The Labute approximate surface area is 160 Å². The fourth-order valence-corrected chi connectivity index (χ4v) is 4.59. The molecule has 1 aliphatic rings. The van der Waals surface area contributed by atoms with Crippen LogP contribution in [-0.4, -0.2) is 40.1 Å². The Balaban J connectivity index is 1.84. The van der Waals surface area contributed by atoms with Crippen LogP contribution >= 0.6 is 0 Å². The van der Waals surface area contributed by atoms with E-state index in [1.165, 1.54) is 16.4 Å². The Morgan fingerprint density at radius 3 is 2.52 bits per heavy atom. The van der Waals surface area contributed by atoms with E-state index in [-0.39, 0.29) is 23.5 Å². The van der Waals surface area contributed by atoms with Crippen molar-refractivity contribution in [2.24, 2.45) is 0 Å². The van der Waals surface area contributed by atoms with Crippen molar-refractivity contribution in [1.29, 1.82) is 0 Å². The van der Waals surface area contributed by atoms with Crippen LogP contribution in [0.15, 0.2) is 59.5 Å². The predicted molar refractivity (Wildman–Crippen MR) is 104 cm³/mol. The summed E-state index contributed by atoms with van der Waals surface area (Å²) in [5.74, 6) is -0.353. The Hall–Kier alpha value is -2.38. The number of nitrogens with one attached hydrogen (secondary N) is 1. The van der Waals surface area contributed by atoms with Crippen molar-refractivity contribution in [2.45, 2.75) is 30.8 Å². The molecule has 1 N–H and O–H groups in total. The molecule has 0 bridgehead atoms. The lowest BCUT2D eigenvalue weighted by molar-refractivity contribution is -0.120. The fraction of sp³-hybridized carbons (Fsp3) is 0.350. The number of para-hydroxylation sites is 1. The number of sulfonamides is 1. The van der Waals surface area contributed by atoms with Gasteiger partial charge in [0.05, 0.1) is 16.7 Å². The minimum atomic E-state index is -3.87. The maximum absolute atomic E-state index is 13.2. The van der Waals surface area contributed by atoms with Crippen molar-refractivity contribution >= 4 is 21.6 Å². The molecule has 0 spiro atoms. The number of carbonyl (C=O) groups excluding carboxylic acids is 1. The van der Waals surface area contributed by atoms with Crippen LogP contribution in [0.4, 0.5) is 5.69 Å². The van der Waals surface area contributed by atoms with Crippen molar-refractivity contribution in [1.82, 2.24) is 5.32 Å². The van der Waals surface area contributed by atoms with Gasteiger partial charge in [-0.1, -0.05) is 36.4 Å². The number of rotatable bonds is 7. The van der Waals surface area contributed by atoms with Crippen LogP contribution in [-0.2, 0) is 19.6 Å². The highest BCUT2D eigenvalue weighted by atomic mass is 32.2. The molecule has 7 heteroatoms. The molecule has 1 atom stereocenters. The number of ether oxygens (including phenoxy) is 1. The largest absolute Gasteiger partial charge is 0.376 e. The normalized spacial score (nSPS) is 16.9. The highest BCUT2D eigenvalue weighted by molar-refractivity contribution is 7.92. The summed E-state index contributed by atoms with van der Waals surface area (Å²) in [7, 11) is -3.87. The number of nitrogens with zero attached hydrogens (tertiary/aromatic N) is 1. The third kappa shape index (κ3) is 4.67. The molecule has 1 amide bonds. The van der Waals surface area contributed by atoms with Crippen molar-refractivity contribution in [3.8, 4) is 0 Å². The average molecular weight is 388 g/mol. The van der Waals surface area contributed by atoms with E-state index in [1.807, 2.05) is 19.1 Å². The monoisotopic (exact) mass is 388 g/mol. The molecular weight excluding hydrogens is 364 g/mol. The molecule has 0 aromatic heterocycles. The number of hydrogen-bond acceptors (Lipinski definition) is 4. The first-order valence-electron chi connectivity index (χ1n) is 9.00. The zero-order valence-corrected chi connectivity index (χ0v) is 16.1. The maximum Gasteiger partial charge on any atom is 0.264 e. The van der Waals surface area contributed by atoms with Gasteiger partial charge in [-0.25, -0.2) is 8.42 Å². The van der Waals surface area contributed by atoms with Gasteiger partial charge in [0.25, 0.3) is 10.0 Å². The van der Waals surface area contributed by atoms with Gasteiger partial charge in [0.15, 0.2) is 0 Å². The van der Waals surface area contributed by atoms with Gasteiger partial charge in [-0.05, 0) is 43.5 Å². The predicted octanol–water partition coefficient (Wildman–Crippen LogP) is 2.49. The van der Waals surface area contributed by atoms with Crippen LogP contribution in [0.25, 0.3) is 0 Å². The summed E-state index contributed by atoms with van der Waals surface area (Å²) in [6, 6.07) is 15.3. The molecule has 6 nitrogen and oxygen atoms in total. The van der Waals surface area contributed by atoms with Gasteiger partial charge < -0.3 is 10.1 Å². The topological polar surface area (TPSA) is 75.7 Å². The van der Waals surface area contributed by atoms with Gasteiger partial charge in [0.1, 0.15) is 6.54 Å². The van der Waals surface area contributed by atoms with Crippen LogP contribution in [0.5, 0.6) is 0 Å². The van der Waals surface area contributed by atoms with E-state index in [1.54, 1.807) is 30.3 Å². The summed E-state index contributed by atoms with van der Waals surface area (Å²) >= 11 is 0. The van der Waals surface area contributed by atoms with Gasteiger partial charge in [0, 0.05) is 13.2 Å². The number of anilines is 1. The van der Waals surface area contributed by atoms with Crippen LogP contribution in [0.3, 0.4) is 0 Å². The van der Waals surface area contributed by atoms with E-state index in [2.05, 4.69) is 5.32 Å². The molecule has 0 radical (unpaired) electrons. The first kappa shape index (κ1) is 19.4. The Bertz CT molecular complexity index is 878. The molecule has 2 aromatic rings. The molecule has 2 aromatic carbocycles. The molecule has 1 heterocycles. The minimum Gasteiger partial charge on any atom is -0.376 e. The van der Waals surface area contributed by atoms with E-state index < -0.39 is 10.0 Å². The average Bonchev–Trinajstić information content (AvgIpc) is 3.19. The van der Waals surface area contributed by atoms with Crippen LogP contribution in [0, 0.1) is 6.92 Å². The minimum absolute atomic E-state index is 0.00610. The Kier molecular flexibility index (Phi) is 6.13. The quantitative estimate of drug-likeness (QED) is 0.791. The zero-order valence-electron chi connectivity index (χ0n) is 15.3. The highest BCUT2D eigenvalue weighted by Crippen LogP contribution is 2.26. The van der Waals surface area contributed by atoms with E-state index in [9.17, 15) is 13.2 Å². The van der Waals surface area contributed by atoms with Gasteiger partial charge in [0.2, 0.25) is 5.91 Å². The van der Waals surface area contributed by atoms with E-state index in [0.29, 0.717) is 18.8 Å². The zero-order chi connectivity index (χ0) is 19.3. The molecule has 1 saturated heterocycles. The summed E-state index contributed by atoms with van der Waals surface area (Å²) in [6.45, 7) is 2.64. The molecule has 0 saturated carbocycles. The van der Waals surface area contributed by atoms with Crippen LogP contribution in [0.1, 0.15) is 18.4 Å². The molecular formula is C20H24N2O4S. The third-order valence-corrected chi connectivity index (χ3v) is 6.33. The summed E-state index contributed by atoms with van der Waals surface area (Å²) < 4.78 is 33.1. The first-order chi connectivity index (χ1) is 13.0. The summed E-state index contributed by atoms with van der Waals surface area (Å²) in [5, 5.41) is 2.80. The van der Waals surface area contributed by atoms with Crippen LogP contribution < -0.4 is 9.62 Å². The van der Waals surface area contributed by atoms with Crippen molar-refractivity contribution in [2.75, 3.05) is 24.0 Å².